The zero-order valence-electron chi connectivity index (χ0n) is 15.2. The van der Waals surface area contributed by atoms with Crippen molar-refractivity contribution in [2.24, 2.45) is 0 Å². The predicted molar refractivity (Wildman–Crippen MR) is 99.9 cm³/mol. The highest BCUT2D eigenvalue weighted by Gasteiger charge is 2.30. The molecule has 28 heavy (non-hydrogen) atoms. The maximum absolute atomic E-state index is 12.6. The fourth-order valence-electron chi connectivity index (χ4n) is 2.78. The van der Waals surface area contributed by atoms with Gasteiger partial charge in [-0.15, -0.1) is 0 Å². The summed E-state index contributed by atoms with van der Waals surface area (Å²) in [6, 6.07) is 9.34. The highest BCUT2D eigenvalue weighted by Crippen LogP contribution is 2.29. The molecule has 1 amide bonds. The molecule has 0 aliphatic heterocycles. The average Bonchev–Trinajstić information content (AvgIpc) is 3.00. The van der Waals surface area contributed by atoms with E-state index in [-0.39, 0.29) is 11.6 Å². The number of aromatic nitrogens is 2. The Bertz CT molecular complexity index is 1040. The van der Waals surface area contributed by atoms with Gasteiger partial charge in [-0.05, 0) is 49.9 Å². The Morgan fingerprint density at radius 1 is 1.11 bits per heavy atom. The van der Waals surface area contributed by atoms with Crippen LogP contribution in [-0.2, 0) is 17.5 Å². The van der Waals surface area contributed by atoms with Gasteiger partial charge in [-0.2, -0.15) is 13.2 Å². The summed E-state index contributed by atoms with van der Waals surface area (Å²) in [7, 11) is 1.72. The molecule has 3 rings (SSSR count). The lowest BCUT2D eigenvalue weighted by Crippen LogP contribution is -2.39. The van der Waals surface area contributed by atoms with E-state index >= 15 is 0 Å². The van der Waals surface area contributed by atoms with Gasteiger partial charge in [0.25, 0.3) is 0 Å². The number of amides is 1. The van der Waals surface area contributed by atoms with E-state index in [1.165, 1.54) is 12.1 Å². The third kappa shape index (κ3) is 4.42. The number of benzene rings is 2. The lowest BCUT2D eigenvalue weighted by Gasteiger charge is -2.24. The Hall–Kier alpha value is -3.07. The molecule has 0 aliphatic rings. The number of carbonyl (C=O) groups excluding carboxylic acids is 1. The molecule has 0 saturated heterocycles. The second kappa shape index (κ2) is 7.51. The predicted octanol–water partition coefficient (Wildman–Crippen LogP) is 3.33. The van der Waals surface area contributed by atoms with Crippen LogP contribution in [0.15, 0.2) is 47.3 Å². The summed E-state index contributed by atoms with van der Waals surface area (Å²) < 4.78 is 37.9. The number of likely N-dealkylation sites (N-methyl/N-ethyl adjacent to an activating group) is 1. The lowest BCUT2D eigenvalue weighted by atomic mass is 10.1. The molecule has 1 heterocycles. The fraction of sp³-hybridized carbons (Fsp3) is 0.263. The largest absolute Gasteiger partial charge is 0.416 e. The van der Waals surface area contributed by atoms with E-state index in [0.717, 1.165) is 12.1 Å². The number of H-pyrrole nitrogens is 2. The molecule has 0 spiro atoms. The van der Waals surface area contributed by atoms with Crippen molar-refractivity contribution in [1.29, 1.82) is 0 Å². The molecule has 1 aromatic heterocycles. The maximum Gasteiger partial charge on any atom is 0.416 e. The summed E-state index contributed by atoms with van der Waals surface area (Å²) in [5.74, 6) is -0.272. The van der Waals surface area contributed by atoms with E-state index in [1.807, 2.05) is 0 Å². The van der Waals surface area contributed by atoms with Crippen LogP contribution in [0.3, 0.4) is 0 Å². The standard InChI is InChI=1S/C19H19F3N4O2/c1-11(26(2)10-12-3-5-13(6-4-12)19(20,21)22)17(27)23-14-7-8-15-16(9-14)25-18(28)24-15/h3-9,11H,10H2,1-2H3,(H,23,27)(H2,24,25,28). The van der Waals surface area contributed by atoms with Gasteiger partial charge in [0.15, 0.2) is 0 Å². The molecular weight excluding hydrogens is 373 g/mol. The maximum atomic E-state index is 12.6. The Balaban J connectivity index is 1.63. The second-order valence-corrected chi connectivity index (χ2v) is 6.61. The third-order valence-electron chi connectivity index (χ3n) is 4.54. The van der Waals surface area contributed by atoms with E-state index in [9.17, 15) is 22.8 Å². The molecular formula is C19H19F3N4O2. The van der Waals surface area contributed by atoms with Gasteiger partial charge in [-0.1, -0.05) is 12.1 Å². The van der Waals surface area contributed by atoms with E-state index in [0.29, 0.717) is 28.8 Å². The summed E-state index contributed by atoms with van der Waals surface area (Å²) in [5, 5.41) is 2.77. The van der Waals surface area contributed by atoms with E-state index in [1.54, 1.807) is 37.1 Å². The van der Waals surface area contributed by atoms with Gasteiger partial charge in [0.1, 0.15) is 0 Å². The van der Waals surface area contributed by atoms with Crippen molar-refractivity contribution >= 4 is 22.6 Å². The number of fused-ring (bicyclic) bond motifs is 1. The van der Waals surface area contributed by atoms with Gasteiger partial charge in [0.2, 0.25) is 5.91 Å². The zero-order valence-corrected chi connectivity index (χ0v) is 15.2. The summed E-state index contributed by atoms with van der Waals surface area (Å²) >= 11 is 0. The van der Waals surface area contributed by atoms with Crippen LogP contribution in [0.1, 0.15) is 18.1 Å². The number of aromatic amines is 2. The number of anilines is 1. The highest BCUT2D eigenvalue weighted by molar-refractivity contribution is 5.96. The normalized spacial score (nSPS) is 13.1. The van der Waals surface area contributed by atoms with Gasteiger partial charge in [0, 0.05) is 12.2 Å². The lowest BCUT2D eigenvalue weighted by molar-refractivity contribution is -0.137. The van der Waals surface area contributed by atoms with E-state index in [4.69, 9.17) is 0 Å². The molecule has 3 aromatic rings. The molecule has 0 aliphatic carbocycles. The number of nitrogens with one attached hydrogen (secondary N) is 3. The van der Waals surface area contributed by atoms with Crippen LogP contribution in [0.25, 0.3) is 11.0 Å². The molecule has 6 nitrogen and oxygen atoms in total. The van der Waals surface area contributed by atoms with Gasteiger partial charge in [-0.3, -0.25) is 9.69 Å². The first-order chi connectivity index (χ1) is 13.1. The van der Waals surface area contributed by atoms with Crippen molar-refractivity contribution in [1.82, 2.24) is 14.9 Å². The molecule has 148 valence electrons. The molecule has 2 aromatic carbocycles. The number of alkyl halides is 3. The number of halogens is 3. The van der Waals surface area contributed by atoms with Crippen LogP contribution in [-0.4, -0.2) is 33.9 Å². The smallest absolute Gasteiger partial charge is 0.325 e. The molecule has 3 N–H and O–H groups in total. The monoisotopic (exact) mass is 392 g/mol. The number of imidazole rings is 1. The summed E-state index contributed by atoms with van der Waals surface area (Å²) in [6.07, 6.45) is -4.37. The fourth-order valence-corrected chi connectivity index (χ4v) is 2.78. The molecule has 9 heteroatoms. The summed E-state index contributed by atoms with van der Waals surface area (Å²) in [4.78, 5) is 30.8. The topological polar surface area (TPSA) is 81.0 Å². The molecule has 0 bridgehead atoms. The molecule has 0 saturated carbocycles. The Kier molecular flexibility index (Phi) is 5.28. The van der Waals surface area contributed by atoms with Crippen LogP contribution in [0.2, 0.25) is 0 Å². The van der Waals surface area contributed by atoms with Crippen LogP contribution < -0.4 is 11.0 Å². The van der Waals surface area contributed by atoms with Gasteiger partial charge >= 0.3 is 11.9 Å². The van der Waals surface area contributed by atoms with Gasteiger partial charge < -0.3 is 15.3 Å². The number of hydrogen-bond acceptors (Lipinski definition) is 3. The summed E-state index contributed by atoms with van der Waals surface area (Å²) in [6.45, 7) is 2.02. The van der Waals surface area contributed by atoms with Crippen LogP contribution >= 0.6 is 0 Å². The first kappa shape index (κ1) is 19.7. The minimum atomic E-state index is -4.37. The number of rotatable bonds is 5. The first-order valence-electron chi connectivity index (χ1n) is 8.53. The van der Waals surface area contributed by atoms with Crippen molar-refractivity contribution < 1.29 is 18.0 Å². The Labute approximate surface area is 158 Å². The minimum absolute atomic E-state index is 0.272. The Morgan fingerprint density at radius 3 is 2.39 bits per heavy atom. The van der Waals surface area contributed by atoms with Crippen LogP contribution in [0.4, 0.5) is 18.9 Å². The van der Waals surface area contributed by atoms with Crippen molar-refractivity contribution in [2.45, 2.75) is 25.7 Å². The summed E-state index contributed by atoms with van der Waals surface area (Å²) in [5.41, 5.74) is 1.37. The number of carbonyl (C=O) groups is 1. The molecule has 0 radical (unpaired) electrons. The quantitative estimate of drug-likeness (QED) is 0.623. The highest BCUT2D eigenvalue weighted by atomic mass is 19.4. The zero-order chi connectivity index (χ0) is 20.5. The second-order valence-electron chi connectivity index (χ2n) is 6.61. The van der Waals surface area contributed by atoms with Crippen LogP contribution in [0.5, 0.6) is 0 Å². The van der Waals surface area contributed by atoms with E-state index < -0.39 is 17.8 Å². The van der Waals surface area contributed by atoms with Crippen molar-refractivity contribution in [2.75, 3.05) is 12.4 Å². The van der Waals surface area contributed by atoms with Crippen LogP contribution in [0, 0.1) is 0 Å². The first-order valence-corrected chi connectivity index (χ1v) is 8.53. The van der Waals surface area contributed by atoms with Crippen molar-refractivity contribution in [3.8, 4) is 0 Å². The Morgan fingerprint density at radius 2 is 1.75 bits per heavy atom. The molecule has 0 fully saturated rings. The number of hydrogen-bond donors (Lipinski definition) is 3. The number of nitrogens with zero attached hydrogens (tertiary/aromatic N) is 1. The minimum Gasteiger partial charge on any atom is -0.325 e. The van der Waals surface area contributed by atoms with Gasteiger partial charge in [0.05, 0.1) is 22.6 Å². The van der Waals surface area contributed by atoms with Crippen molar-refractivity contribution in [3.63, 3.8) is 0 Å². The average molecular weight is 392 g/mol. The SMILES string of the molecule is CC(C(=O)Nc1ccc2[nH]c(=O)[nH]c2c1)N(C)Cc1ccc(C(F)(F)F)cc1. The van der Waals surface area contributed by atoms with Gasteiger partial charge in [-0.25, -0.2) is 4.79 Å². The van der Waals surface area contributed by atoms with Crippen molar-refractivity contribution in [3.05, 3.63) is 64.1 Å². The molecule has 1 unspecified atom stereocenters. The van der Waals surface area contributed by atoms with E-state index in [2.05, 4.69) is 15.3 Å². The third-order valence-corrected chi connectivity index (χ3v) is 4.54. The molecule has 1 atom stereocenters.